The van der Waals surface area contributed by atoms with E-state index in [-0.39, 0.29) is 24.5 Å². The molecule has 2 aliphatic heterocycles. The van der Waals surface area contributed by atoms with Crippen LogP contribution < -0.4 is 9.47 Å². The molecule has 2 amide bonds. The van der Waals surface area contributed by atoms with Crippen LogP contribution in [0.15, 0.2) is 58.4 Å². The van der Waals surface area contributed by atoms with Gasteiger partial charge in [-0.3, -0.25) is 14.5 Å². The largest absolute Gasteiger partial charge is 0.490 e. The number of thioether (sulfide) groups is 1. The van der Waals surface area contributed by atoms with Crippen molar-refractivity contribution in [2.24, 2.45) is 4.99 Å². The number of hydrogen-bond donors (Lipinski definition) is 0. The second-order valence-corrected chi connectivity index (χ2v) is 10.7. The molecule has 0 spiro atoms. The Morgan fingerprint density at radius 2 is 1.82 bits per heavy atom. The van der Waals surface area contributed by atoms with Crippen LogP contribution in [0.4, 0.5) is 5.69 Å². The lowest BCUT2D eigenvalue weighted by molar-refractivity contribution is -0.137. The number of carbonyl (C=O) groups is 2. The molecule has 0 N–H and O–H groups in total. The number of rotatable bonds is 8. The van der Waals surface area contributed by atoms with Crippen LogP contribution in [0.2, 0.25) is 0 Å². The third-order valence-corrected chi connectivity index (χ3v) is 8.02. The van der Waals surface area contributed by atoms with Crippen molar-refractivity contribution in [3.05, 3.63) is 59.0 Å². The Morgan fingerprint density at radius 1 is 1.05 bits per heavy atom. The average Bonchev–Trinajstić information content (AvgIpc) is 3.27. The summed E-state index contributed by atoms with van der Waals surface area (Å²) in [6.07, 6.45) is 7.36. The first kappa shape index (κ1) is 27.3. The molecule has 0 unspecified atom stereocenters. The lowest BCUT2D eigenvalue weighted by Gasteiger charge is -2.30. The minimum Gasteiger partial charge on any atom is -0.490 e. The molecule has 3 fully saturated rings. The zero-order valence-electron chi connectivity index (χ0n) is 22.3. The number of benzene rings is 2. The first-order valence-corrected chi connectivity index (χ1v) is 14.6. The van der Waals surface area contributed by atoms with Gasteiger partial charge in [0.05, 0.1) is 30.4 Å². The van der Waals surface area contributed by atoms with Crippen LogP contribution in [0.1, 0.15) is 44.6 Å². The highest BCUT2D eigenvalue weighted by Crippen LogP contribution is 2.39. The van der Waals surface area contributed by atoms with Crippen LogP contribution in [-0.4, -0.2) is 72.3 Å². The zero-order chi connectivity index (χ0) is 27.0. The highest BCUT2D eigenvalue weighted by atomic mass is 32.2. The molecule has 39 heavy (non-hydrogen) atoms. The van der Waals surface area contributed by atoms with E-state index in [0.717, 1.165) is 42.1 Å². The first-order valence-electron chi connectivity index (χ1n) is 13.7. The van der Waals surface area contributed by atoms with E-state index >= 15 is 0 Å². The summed E-state index contributed by atoms with van der Waals surface area (Å²) < 4.78 is 17.0. The van der Waals surface area contributed by atoms with E-state index in [1.54, 1.807) is 11.0 Å². The first-order chi connectivity index (χ1) is 19.1. The SMILES string of the molecule is CCOc1cc(/C=C2/SC(=Nc3ccccc3)N(C3CCCCC3)C2=O)ccc1OCC(=O)N1CCOCC1. The van der Waals surface area contributed by atoms with Crippen molar-refractivity contribution in [1.29, 1.82) is 0 Å². The molecule has 5 rings (SSSR count). The molecule has 0 aromatic heterocycles. The number of ether oxygens (including phenoxy) is 3. The number of para-hydroxylation sites is 1. The van der Waals surface area contributed by atoms with Gasteiger partial charge in [-0.1, -0.05) is 43.5 Å². The van der Waals surface area contributed by atoms with Crippen LogP contribution >= 0.6 is 11.8 Å². The number of carbonyl (C=O) groups excluding carboxylic acids is 2. The number of nitrogens with zero attached hydrogens (tertiary/aromatic N) is 3. The van der Waals surface area contributed by atoms with E-state index in [1.807, 2.05) is 60.4 Å². The van der Waals surface area contributed by atoms with Crippen LogP contribution in [-0.2, 0) is 14.3 Å². The van der Waals surface area contributed by atoms with Crippen LogP contribution in [0.3, 0.4) is 0 Å². The van der Waals surface area contributed by atoms with Gasteiger partial charge >= 0.3 is 0 Å². The Bertz CT molecular complexity index is 1220. The predicted octanol–water partition coefficient (Wildman–Crippen LogP) is 5.26. The second-order valence-electron chi connectivity index (χ2n) is 9.73. The van der Waals surface area contributed by atoms with Gasteiger partial charge < -0.3 is 19.1 Å². The molecule has 0 atom stereocenters. The number of aliphatic imine (C=N–C) groups is 1. The number of amides is 2. The van der Waals surface area contributed by atoms with Gasteiger partial charge in [-0.25, -0.2) is 4.99 Å². The Balaban J connectivity index is 1.36. The lowest BCUT2D eigenvalue weighted by Crippen LogP contribution is -2.43. The van der Waals surface area contributed by atoms with Gasteiger partial charge in [0.25, 0.3) is 11.8 Å². The molecular formula is C30H35N3O5S. The van der Waals surface area contributed by atoms with E-state index in [4.69, 9.17) is 19.2 Å². The second kappa shape index (κ2) is 13.2. The molecule has 0 bridgehead atoms. The van der Waals surface area contributed by atoms with Crippen molar-refractivity contribution in [1.82, 2.24) is 9.80 Å². The number of hydrogen-bond acceptors (Lipinski definition) is 7. The van der Waals surface area contributed by atoms with Gasteiger partial charge in [0, 0.05) is 19.1 Å². The van der Waals surface area contributed by atoms with Crippen LogP contribution in [0.5, 0.6) is 11.5 Å². The maximum atomic E-state index is 13.7. The molecule has 2 aromatic carbocycles. The third-order valence-electron chi connectivity index (χ3n) is 7.04. The molecule has 2 heterocycles. The fraction of sp³-hybridized carbons (Fsp3) is 0.433. The number of morpholine rings is 1. The molecule has 3 aliphatic rings. The van der Waals surface area contributed by atoms with Crippen molar-refractivity contribution in [2.45, 2.75) is 45.1 Å². The minimum atomic E-state index is -0.0760. The minimum absolute atomic E-state index is 0.00373. The molecular weight excluding hydrogens is 514 g/mol. The average molecular weight is 550 g/mol. The summed E-state index contributed by atoms with van der Waals surface area (Å²) in [5.74, 6) is 0.962. The smallest absolute Gasteiger partial charge is 0.267 e. The van der Waals surface area contributed by atoms with Gasteiger partial charge in [-0.05, 0) is 67.4 Å². The van der Waals surface area contributed by atoms with Gasteiger partial charge in [0.15, 0.2) is 23.3 Å². The Hall–Kier alpha value is -3.30. The molecule has 1 saturated carbocycles. The fourth-order valence-electron chi connectivity index (χ4n) is 5.04. The molecule has 206 valence electrons. The van der Waals surface area contributed by atoms with Crippen molar-refractivity contribution in [3.63, 3.8) is 0 Å². The normalized spacial score (nSPS) is 20.6. The van der Waals surface area contributed by atoms with Crippen molar-refractivity contribution >= 4 is 40.5 Å². The molecule has 0 radical (unpaired) electrons. The van der Waals surface area contributed by atoms with Crippen LogP contribution in [0, 0.1) is 0 Å². The Labute approximate surface area is 234 Å². The summed E-state index contributed by atoms with van der Waals surface area (Å²) >= 11 is 1.42. The van der Waals surface area contributed by atoms with Gasteiger partial charge in [-0.2, -0.15) is 0 Å². The topological polar surface area (TPSA) is 80.7 Å². The summed E-state index contributed by atoms with van der Waals surface area (Å²) in [5, 5.41) is 0.732. The Morgan fingerprint density at radius 3 is 2.56 bits per heavy atom. The fourth-order valence-corrected chi connectivity index (χ4v) is 6.09. The standard InChI is InChI=1S/C30H35N3O5S/c1-2-37-26-19-22(13-14-25(26)38-21-28(34)32-15-17-36-18-16-32)20-27-29(35)33(24-11-7-4-8-12-24)30(39-27)31-23-9-5-3-6-10-23/h3,5-6,9-10,13-14,19-20,24H,2,4,7-8,11-12,15-18,21H2,1H3/b27-20+,31-30?. The zero-order valence-corrected chi connectivity index (χ0v) is 23.2. The van der Waals surface area contributed by atoms with Gasteiger partial charge in [0.1, 0.15) is 0 Å². The van der Waals surface area contributed by atoms with Gasteiger partial charge in [0.2, 0.25) is 0 Å². The Kier molecular flexibility index (Phi) is 9.21. The van der Waals surface area contributed by atoms with E-state index in [2.05, 4.69) is 0 Å². The van der Waals surface area contributed by atoms with E-state index in [1.165, 1.54) is 18.2 Å². The van der Waals surface area contributed by atoms with Gasteiger partial charge in [-0.15, -0.1) is 0 Å². The monoisotopic (exact) mass is 549 g/mol. The number of amidine groups is 1. The summed E-state index contributed by atoms with van der Waals surface area (Å²) in [4.78, 5) is 35.3. The molecule has 1 aliphatic carbocycles. The van der Waals surface area contributed by atoms with Crippen molar-refractivity contribution in [3.8, 4) is 11.5 Å². The quantitative estimate of drug-likeness (QED) is 0.418. The van der Waals surface area contributed by atoms with E-state index < -0.39 is 0 Å². The van der Waals surface area contributed by atoms with Crippen molar-refractivity contribution in [2.75, 3.05) is 39.5 Å². The van der Waals surface area contributed by atoms with Crippen molar-refractivity contribution < 1.29 is 23.8 Å². The maximum absolute atomic E-state index is 13.7. The summed E-state index contributed by atoms with van der Waals surface area (Å²) in [6, 6.07) is 15.5. The van der Waals surface area contributed by atoms with Crippen LogP contribution in [0.25, 0.3) is 6.08 Å². The molecule has 8 nitrogen and oxygen atoms in total. The van der Waals surface area contributed by atoms with E-state index in [9.17, 15) is 9.59 Å². The highest BCUT2D eigenvalue weighted by molar-refractivity contribution is 8.18. The molecule has 9 heteroatoms. The molecule has 2 saturated heterocycles. The van der Waals surface area contributed by atoms with E-state index in [0.29, 0.717) is 49.3 Å². The lowest BCUT2D eigenvalue weighted by atomic mass is 9.94. The predicted molar refractivity (Wildman–Crippen MR) is 153 cm³/mol. The summed E-state index contributed by atoms with van der Waals surface area (Å²) in [7, 11) is 0. The third kappa shape index (κ3) is 6.83. The maximum Gasteiger partial charge on any atom is 0.267 e. The summed E-state index contributed by atoms with van der Waals surface area (Å²) in [6.45, 7) is 4.53. The molecule has 2 aromatic rings. The highest BCUT2D eigenvalue weighted by Gasteiger charge is 2.38. The summed E-state index contributed by atoms with van der Waals surface area (Å²) in [5.41, 5.74) is 1.66.